The lowest BCUT2D eigenvalue weighted by molar-refractivity contribution is -0.118. The van der Waals surface area contributed by atoms with Gasteiger partial charge in [0.2, 0.25) is 5.91 Å². The Balaban J connectivity index is 1.72. The molecule has 2 aromatic heterocycles. The minimum absolute atomic E-state index is 0.300. The molecule has 1 aliphatic carbocycles. The fourth-order valence-electron chi connectivity index (χ4n) is 2.05. The molecule has 2 heterocycles. The zero-order chi connectivity index (χ0) is 14.8. The lowest BCUT2D eigenvalue weighted by atomic mass is 10.3. The van der Waals surface area contributed by atoms with Crippen molar-refractivity contribution >= 4 is 40.6 Å². The molecular formula is C13H15ClN4OS2. The van der Waals surface area contributed by atoms with Gasteiger partial charge in [-0.1, -0.05) is 23.4 Å². The molecule has 0 radical (unpaired) electrons. The number of aromatic nitrogens is 3. The van der Waals surface area contributed by atoms with Crippen LogP contribution in [0.25, 0.3) is 0 Å². The van der Waals surface area contributed by atoms with Gasteiger partial charge >= 0.3 is 0 Å². The molecule has 1 amide bonds. The van der Waals surface area contributed by atoms with Crippen LogP contribution in [0, 0.1) is 0 Å². The van der Waals surface area contributed by atoms with E-state index in [-0.39, 0.29) is 5.91 Å². The highest BCUT2D eigenvalue weighted by atomic mass is 35.5. The summed E-state index contributed by atoms with van der Waals surface area (Å²) < 4.78 is 2.84. The lowest BCUT2D eigenvalue weighted by Gasteiger charge is -2.08. The van der Waals surface area contributed by atoms with Crippen molar-refractivity contribution in [1.82, 2.24) is 14.8 Å². The van der Waals surface area contributed by atoms with Crippen LogP contribution in [0.5, 0.6) is 0 Å². The average Bonchev–Trinajstić information content (AvgIpc) is 3.08. The van der Waals surface area contributed by atoms with Crippen molar-refractivity contribution in [3.05, 3.63) is 27.2 Å². The van der Waals surface area contributed by atoms with Gasteiger partial charge in [-0.05, 0) is 25.0 Å². The van der Waals surface area contributed by atoms with Gasteiger partial charge in [0.15, 0.2) is 5.16 Å². The second kappa shape index (κ2) is 6.37. The molecule has 8 heteroatoms. The zero-order valence-corrected chi connectivity index (χ0v) is 13.7. The minimum atomic E-state index is -0.300. The summed E-state index contributed by atoms with van der Waals surface area (Å²) >= 11 is 9.13. The molecule has 1 saturated carbocycles. The van der Waals surface area contributed by atoms with Crippen molar-refractivity contribution in [2.24, 2.45) is 5.73 Å². The summed E-state index contributed by atoms with van der Waals surface area (Å²) in [6.07, 6.45) is 2.62. The van der Waals surface area contributed by atoms with Crippen molar-refractivity contribution in [3.63, 3.8) is 0 Å². The van der Waals surface area contributed by atoms with Crippen molar-refractivity contribution in [1.29, 1.82) is 0 Å². The van der Waals surface area contributed by atoms with Crippen LogP contribution < -0.4 is 5.73 Å². The third-order valence-electron chi connectivity index (χ3n) is 3.24. The fourth-order valence-corrected chi connectivity index (χ4v) is 4.15. The molecule has 1 aliphatic rings. The molecule has 3 rings (SSSR count). The molecular weight excluding hydrogens is 328 g/mol. The Morgan fingerprint density at radius 1 is 1.48 bits per heavy atom. The Kier molecular flexibility index (Phi) is 4.51. The number of carbonyl (C=O) groups excluding carboxylic acids is 1. The van der Waals surface area contributed by atoms with Crippen LogP contribution in [-0.2, 0) is 17.1 Å². The molecule has 0 aromatic carbocycles. The van der Waals surface area contributed by atoms with Gasteiger partial charge in [0.05, 0.1) is 4.34 Å². The summed E-state index contributed by atoms with van der Waals surface area (Å²) in [7, 11) is 0. The first-order valence-corrected chi connectivity index (χ1v) is 8.90. The second-order valence-corrected chi connectivity index (χ2v) is 7.72. The van der Waals surface area contributed by atoms with Crippen molar-refractivity contribution < 1.29 is 4.79 Å². The van der Waals surface area contributed by atoms with Gasteiger partial charge in [-0.2, -0.15) is 0 Å². The van der Waals surface area contributed by atoms with E-state index in [0.29, 0.717) is 18.9 Å². The fraction of sp³-hybridized carbons (Fsp3) is 0.462. The molecule has 0 atom stereocenters. The van der Waals surface area contributed by atoms with Crippen molar-refractivity contribution in [2.75, 3.05) is 0 Å². The standard InChI is InChI=1S/C13H15ClN4OS2/c14-10-4-3-9(21-10)7-20-13-17-16-12(8-1-2-8)18(13)6-5-11(15)19/h3-4,8H,1-2,5-7H2,(H2,15,19). The molecule has 5 nitrogen and oxygen atoms in total. The molecule has 2 aromatic rings. The molecule has 0 bridgehead atoms. The topological polar surface area (TPSA) is 73.8 Å². The van der Waals surface area contributed by atoms with Crippen molar-refractivity contribution in [3.8, 4) is 0 Å². The first kappa shape index (κ1) is 14.9. The quantitative estimate of drug-likeness (QED) is 0.785. The van der Waals surface area contributed by atoms with Gasteiger partial charge < -0.3 is 10.3 Å². The molecule has 1 fully saturated rings. The predicted molar refractivity (Wildman–Crippen MR) is 84.7 cm³/mol. The molecule has 21 heavy (non-hydrogen) atoms. The van der Waals surface area contributed by atoms with Gasteiger partial charge in [0.25, 0.3) is 0 Å². The third-order valence-corrected chi connectivity index (χ3v) is 5.67. The summed E-state index contributed by atoms with van der Waals surface area (Å²) in [6, 6.07) is 3.92. The van der Waals surface area contributed by atoms with E-state index in [1.54, 1.807) is 23.1 Å². The van der Waals surface area contributed by atoms with Gasteiger partial charge in [-0.15, -0.1) is 21.5 Å². The van der Waals surface area contributed by atoms with E-state index in [0.717, 1.165) is 33.9 Å². The Bertz CT molecular complexity index is 650. The number of nitrogens with zero attached hydrogens (tertiary/aromatic N) is 3. The summed E-state index contributed by atoms with van der Waals surface area (Å²) in [5.41, 5.74) is 5.26. The molecule has 0 aliphatic heterocycles. The number of thiophene rings is 1. The largest absolute Gasteiger partial charge is 0.370 e. The molecule has 2 N–H and O–H groups in total. The summed E-state index contributed by atoms with van der Waals surface area (Å²) in [4.78, 5) is 12.2. The van der Waals surface area contributed by atoms with Gasteiger partial charge in [-0.3, -0.25) is 4.79 Å². The minimum Gasteiger partial charge on any atom is -0.370 e. The van der Waals surface area contributed by atoms with Crippen LogP contribution in [0.2, 0.25) is 4.34 Å². The van der Waals surface area contributed by atoms with Gasteiger partial charge in [0, 0.05) is 29.5 Å². The normalized spacial score (nSPS) is 14.5. The number of thioether (sulfide) groups is 1. The van der Waals surface area contributed by atoms with Crippen molar-refractivity contribution in [2.45, 2.75) is 42.6 Å². The summed E-state index contributed by atoms with van der Waals surface area (Å²) in [6.45, 7) is 0.557. The molecule has 0 saturated heterocycles. The number of amides is 1. The first-order valence-electron chi connectivity index (χ1n) is 6.72. The van der Waals surface area contributed by atoms with E-state index in [1.807, 2.05) is 16.7 Å². The Morgan fingerprint density at radius 2 is 2.29 bits per heavy atom. The lowest BCUT2D eigenvalue weighted by Crippen LogP contribution is -2.15. The van der Waals surface area contributed by atoms with Crippen LogP contribution >= 0.6 is 34.7 Å². The van der Waals surface area contributed by atoms with E-state index in [1.165, 1.54) is 4.88 Å². The number of hydrogen-bond donors (Lipinski definition) is 1. The van der Waals surface area contributed by atoms with E-state index < -0.39 is 0 Å². The maximum atomic E-state index is 11.0. The smallest absolute Gasteiger partial charge is 0.219 e. The average molecular weight is 343 g/mol. The summed E-state index contributed by atoms with van der Waals surface area (Å²) in [5, 5.41) is 9.41. The predicted octanol–water partition coefficient (Wildman–Crippen LogP) is 3.04. The monoisotopic (exact) mass is 342 g/mol. The van der Waals surface area contributed by atoms with Gasteiger partial charge in [0.1, 0.15) is 5.82 Å². The van der Waals surface area contributed by atoms with Crippen LogP contribution in [-0.4, -0.2) is 20.7 Å². The number of carbonyl (C=O) groups is 1. The van der Waals surface area contributed by atoms with Crippen LogP contribution in [0.4, 0.5) is 0 Å². The maximum Gasteiger partial charge on any atom is 0.219 e. The number of nitrogens with two attached hydrogens (primary N) is 1. The SMILES string of the molecule is NC(=O)CCn1c(SCc2ccc(Cl)s2)nnc1C1CC1. The number of halogens is 1. The third kappa shape index (κ3) is 3.78. The molecule has 112 valence electrons. The van der Waals surface area contributed by atoms with Crippen LogP contribution in [0.3, 0.4) is 0 Å². The molecule has 0 spiro atoms. The summed E-state index contributed by atoms with van der Waals surface area (Å²) in [5.74, 6) is 1.99. The van der Waals surface area contributed by atoms with E-state index >= 15 is 0 Å². The molecule has 0 unspecified atom stereocenters. The highest BCUT2D eigenvalue weighted by Gasteiger charge is 2.30. The van der Waals surface area contributed by atoms with Gasteiger partial charge in [-0.25, -0.2) is 0 Å². The highest BCUT2D eigenvalue weighted by Crippen LogP contribution is 2.40. The van der Waals surface area contributed by atoms with E-state index in [4.69, 9.17) is 17.3 Å². The Labute approximate surface area is 135 Å². The number of hydrogen-bond acceptors (Lipinski definition) is 5. The van der Waals surface area contributed by atoms with Crippen LogP contribution in [0.15, 0.2) is 17.3 Å². The highest BCUT2D eigenvalue weighted by molar-refractivity contribution is 7.98. The Hall–Kier alpha value is -1.05. The van der Waals surface area contributed by atoms with Crippen LogP contribution in [0.1, 0.15) is 35.9 Å². The maximum absolute atomic E-state index is 11.0. The van der Waals surface area contributed by atoms with E-state index in [2.05, 4.69) is 10.2 Å². The Morgan fingerprint density at radius 3 is 2.90 bits per heavy atom. The second-order valence-electron chi connectivity index (χ2n) is 4.98. The van der Waals surface area contributed by atoms with E-state index in [9.17, 15) is 4.79 Å². The first-order chi connectivity index (χ1) is 10.1. The number of rotatable bonds is 7. The number of primary amides is 1. The zero-order valence-electron chi connectivity index (χ0n) is 11.3.